The van der Waals surface area contributed by atoms with Gasteiger partial charge in [0.2, 0.25) is 0 Å². The van der Waals surface area contributed by atoms with Gasteiger partial charge in [-0.1, -0.05) is 42.1 Å². The average molecular weight is 336 g/mol. The van der Waals surface area contributed by atoms with Crippen molar-refractivity contribution in [1.82, 2.24) is 0 Å². The zero-order chi connectivity index (χ0) is 15.4. The van der Waals surface area contributed by atoms with Crippen LogP contribution in [0.3, 0.4) is 0 Å². The normalized spacial score (nSPS) is 18.4. The minimum Gasteiger partial charge on any atom is -0.489 e. The maximum atomic E-state index is 13.2. The highest BCUT2D eigenvalue weighted by Crippen LogP contribution is 2.49. The van der Waals surface area contributed by atoms with Gasteiger partial charge >= 0.3 is 0 Å². The Hall–Kier alpha value is -2.04. The van der Waals surface area contributed by atoms with Gasteiger partial charge in [0.25, 0.3) is 0 Å². The quantitative estimate of drug-likeness (QED) is 0.591. The molecule has 3 aromatic rings. The lowest BCUT2D eigenvalue weighted by Gasteiger charge is -2.32. The molecule has 3 heterocycles. The highest BCUT2D eigenvalue weighted by atomic mass is 32.2. The molecule has 1 aromatic heterocycles. The minimum absolute atomic E-state index is 0.0320. The fourth-order valence-electron chi connectivity index (χ4n) is 3.34. The molecule has 23 heavy (non-hydrogen) atoms. The van der Waals surface area contributed by atoms with Gasteiger partial charge < -0.3 is 4.74 Å². The van der Waals surface area contributed by atoms with E-state index in [9.17, 15) is 4.79 Å². The van der Waals surface area contributed by atoms with Crippen molar-refractivity contribution in [3.8, 4) is 5.75 Å². The zero-order valence-electron chi connectivity index (χ0n) is 12.1. The summed E-state index contributed by atoms with van der Waals surface area (Å²) in [6, 6.07) is 15.9. The third-order valence-corrected chi connectivity index (χ3v) is 6.77. The summed E-state index contributed by atoms with van der Waals surface area (Å²) in [5, 5.41) is 2.98. The maximum Gasteiger partial charge on any atom is 0.193 e. The lowest BCUT2D eigenvalue weighted by atomic mass is 9.84. The number of thioether (sulfide) groups is 1. The van der Waals surface area contributed by atoms with Gasteiger partial charge in [0.15, 0.2) is 5.43 Å². The van der Waals surface area contributed by atoms with E-state index < -0.39 is 0 Å². The van der Waals surface area contributed by atoms with Crippen LogP contribution in [0.15, 0.2) is 68.5 Å². The van der Waals surface area contributed by atoms with Gasteiger partial charge in [-0.25, -0.2) is 0 Å². The summed E-state index contributed by atoms with van der Waals surface area (Å²) in [5.41, 5.74) is 3.37. The van der Waals surface area contributed by atoms with Gasteiger partial charge in [0, 0.05) is 27.1 Å². The molecule has 112 valence electrons. The van der Waals surface area contributed by atoms with Crippen LogP contribution in [0.2, 0.25) is 0 Å². The Morgan fingerprint density at radius 3 is 2.83 bits per heavy atom. The lowest BCUT2D eigenvalue weighted by Crippen LogP contribution is -2.25. The second kappa shape index (κ2) is 4.98. The van der Waals surface area contributed by atoms with E-state index in [2.05, 4.69) is 11.5 Å². The molecule has 0 fully saturated rings. The van der Waals surface area contributed by atoms with Crippen LogP contribution < -0.4 is 10.2 Å². The Bertz CT molecular complexity index is 1030. The first kappa shape index (κ1) is 13.4. The number of hydrogen-bond donors (Lipinski definition) is 0. The highest BCUT2D eigenvalue weighted by molar-refractivity contribution is 8.04. The van der Waals surface area contributed by atoms with Crippen molar-refractivity contribution in [2.24, 2.45) is 0 Å². The van der Waals surface area contributed by atoms with E-state index in [-0.39, 0.29) is 11.3 Å². The van der Waals surface area contributed by atoms with E-state index in [1.807, 2.05) is 42.5 Å². The van der Waals surface area contributed by atoms with Crippen LogP contribution in [0, 0.1) is 0 Å². The molecule has 0 radical (unpaired) electrons. The van der Waals surface area contributed by atoms with Gasteiger partial charge in [-0.2, -0.15) is 0 Å². The SMILES string of the molecule is O=c1c2c(sc3ccccc13)SC=C1COc3ccccc3C12. The van der Waals surface area contributed by atoms with Crippen molar-refractivity contribution in [2.75, 3.05) is 6.61 Å². The van der Waals surface area contributed by atoms with Crippen LogP contribution >= 0.6 is 23.1 Å². The van der Waals surface area contributed by atoms with Gasteiger partial charge in [-0.3, -0.25) is 4.79 Å². The van der Waals surface area contributed by atoms with Crippen LogP contribution in [0.4, 0.5) is 0 Å². The minimum atomic E-state index is 0.0320. The first-order valence-corrected chi connectivity index (χ1v) is 9.15. The fourth-order valence-corrected chi connectivity index (χ4v) is 5.68. The largest absolute Gasteiger partial charge is 0.489 e. The summed E-state index contributed by atoms with van der Waals surface area (Å²) in [6.07, 6.45) is 0. The van der Waals surface area contributed by atoms with E-state index >= 15 is 0 Å². The molecular formula is C19H12O2S2. The maximum absolute atomic E-state index is 13.2. The standard InChI is InChI=1S/C19H12O2S2/c20-18-13-6-2-4-8-15(13)23-19-17(18)16-11(10-22-19)9-21-14-7-3-1-5-12(14)16/h1-8,10,16H,9H2. The first-order valence-electron chi connectivity index (χ1n) is 7.46. The van der Waals surface area contributed by atoms with Crippen LogP contribution in [0.1, 0.15) is 17.0 Å². The van der Waals surface area contributed by atoms with Gasteiger partial charge in [0.1, 0.15) is 12.4 Å². The third kappa shape index (κ3) is 1.92. The van der Waals surface area contributed by atoms with Crippen LogP contribution in [0.5, 0.6) is 5.75 Å². The Kier molecular flexibility index (Phi) is 2.90. The number of rotatable bonds is 0. The number of fused-ring (bicyclic) bond motifs is 6. The predicted molar refractivity (Wildman–Crippen MR) is 95.8 cm³/mol. The second-order valence-electron chi connectivity index (χ2n) is 5.70. The summed E-state index contributed by atoms with van der Waals surface area (Å²) < 4.78 is 8.02. The van der Waals surface area contributed by atoms with E-state index in [1.165, 1.54) is 5.57 Å². The van der Waals surface area contributed by atoms with Gasteiger partial charge in [-0.15, -0.1) is 11.3 Å². The molecule has 5 rings (SSSR count). The summed E-state index contributed by atoms with van der Waals surface area (Å²) >= 11 is 3.37. The monoisotopic (exact) mass is 336 g/mol. The Labute approximate surface area is 141 Å². The molecule has 0 saturated heterocycles. The third-order valence-electron chi connectivity index (χ3n) is 4.40. The number of para-hydroxylation sites is 1. The lowest BCUT2D eigenvalue weighted by molar-refractivity contribution is 0.324. The molecule has 1 atom stereocenters. The molecule has 2 aliphatic rings. The van der Waals surface area contributed by atoms with Crippen molar-refractivity contribution in [1.29, 1.82) is 0 Å². The molecule has 1 unspecified atom stereocenters. The van der Waals surface area contributed by atoms with Crippen molar-refractivity contribution in [2.45, 2.75) is 10.1 Å². The molecule has 0 spiro atoms. The van der Waals surface area contributed by atoms with Crippen LogP contribution in [-0.4, -0.2) is 6.61 Å². The molecule has 0 saturated carbocycles. The van der Waals surface area contributed by atoms with Crippen LogP contribution in [-0.2, 0) is 0 Å². The highest BCUT2D eigenvalue weighted by Gasteiger charge is 2.34. The topological polar surface area (TPSA) is 26.3 Å². The number of benzene rings is 2. The molecule has 2 aromatic carbocycles. The molecule has 0 N–H and O–H groups in total. The van der Waals surface area contributed by atoms with Crippen molar-refractivity contribution < 1.29 is 4.74 Å². The molecule has 2 aliphatic heterocycles. The molecule has 4 heteroatoms. The van der Waals surface area contributed by atoms with Gasteiger partial charge in [0.05, 0.1) is 4.21 Å². The van der Waals surface area contributed by atoms with E-state index in [0.717, 1.165) is 31.2 Å². The molecule has 0 aliphatic carbocycles. The Balaban J connectivity index is 1.85. The summed E-state index contributed by atoms with van der Waals surface area (Å²) in [4.78, 5) is 13.2. The van der Waals surface area contributed by atoms with Crippen LogP contribution in [0.25, 0.3) is 10.1 Å². The number of ether oxygens (including phenoxy) is 1. The Morgan fingerprint density at radius 2 is 1.87 bits per heavy atom. The van der Waals surface area contributed by atoms with Crippen molar-refractivity contribution in [3.63, 3.8) is 0 Å². The molecular weight excluding hydrogens is 324 g/mol. The van der Waals surface area contributed by atoms with Crippen molar-refractivity contribution >= 4 is 33.2 Å². The summed E-state index contributed by atoms with van der Waals surface area (Å²) in [7, 11) is 0. The van der Waals surface area contributed by atoms with E-state index in [1.54, 1.807) is 23.1 Å². The molecule has 2 nitrogen and oxygen atoms in total. The fraction of sp³-hybridized carbons (Fsp3) is 0.105. The van der Waals surface area contributed by atoms with E-state index in [0.29, 0.717) is 6.61 Å². The first-order chi connectivity index (χ1) is 11.3. The molecule has 0 bridgehead atoms. The number of hydrogen-bond acceptors (Lipinski definition) is 4. The van der Waals surface area contributed by atoms with Gasteiger partial charge in [-0.05, 0) is 29.2 Å². The zero-order valence-corrected chi connectivity index (χ0v) is 13.7. The summed E-state index contributed by atoms with van der Waals surface area (Å²) in [6.45, 7) is 0.561. The van der Waals surface area contributed by atoms with Crippen molar-refractivity contribution in [3.05, 3.63) is 80.9 Å². The second-order valence-corrected chi connectivity index (χ2v) is 7.89. The summed E-state index contributed by atoms with van der Waals surface area (Å²) in [5.74, 6) is 0.926. The predicted octanol–water partition coefficient (Wildman–Crippen LogP) is 4.78. The Morgan fingerprint density at radius 1 is 1.04 bits per heavy atom. The average Bonchev–Trinajstić information content (AvgIpc) is 2.61. The smallest absolute Gasteiger partial charge is 0.193 e. The molecule has 0 amide bonds. The van der Waals surface area contributed by atoms with E-state index in [4.69, 9.17) is 4.74 Å².